The average Bonchev–Trinajstić information content (AvgIpc) is 3.71. The van der Waals surface area contributed by atoms with E-state index < -0.39 is 11.6 Å². The molecule has 3 aromatic rings. The zero-order valence-electron chi connectivity index (χ0n) is 26.2. The van der Waals surface area contributed by atoms with Crippen molar-refractivity contribution >= 4 is 17.7 Å². The number of fused-ring (bicyclic) bond motifs is 2. The highest BCUT2D eigenvalue weighted by Crippen LogP contribution is 2.47. The van der Waals surface area contributed by atoms with Crippen molar-refractivity contribution < 1.29 is 14.4 Å². The lowest BCUT2D eigenvalue weighted by Gasteiger charge is -2.37. The molecule has 3 fully saturated rings. The van der Waals surface area contributed by atoms with E-state index in [1.807, 2.05) is 53.1 Å². The van der Waals surface area contributed by atoms with Crippen LogP contribution in [0.15, 0.2) is 36.4 Å². The fourth-order valence-corrected chi connectivity index (χ4v) is 7.48. The lowest BCUT2D eigenvalue weighted by atomic mass is 9.67. The molecule has 4 heterocycles. The zero-order valence-corrected chi connectivity index (χ0v) is 26.2. The van der Waals surface area contributed by atoms with Crippen LogP contribution in [0.1, 0.15) is 87.8 Å². The first-order chi connectivity index (χ1) is 22.4. The van der Waals surface area contributed by atoms with Crippen LogP contribution >= 0.6 is 0 Å². The lowest BCUT2D eigenvalue weighted by Crippen LogP contribution is -2.45. The number of nitrogens with one attached hydrogen (secondary N) is 2. The SMILES string of the molecule is [C-]#[N+][C@@H]1CCCN1C(=O)CN[C@@H](C)CC1(c2nn[nH]n2)c2ccc(C(=O)N3CCC3)cc2CCc2cc(C(=O)N3CCC3)ccc21. The van der Waals surface area contributed by atoms with E-state index in [-0.39, 0.29) is 30.3 Å². The Morgan fingerprint density at radius 3 is 2.07 bits per heavy atom. The van der Waals surface area contributed by atoms with Gasteiger partial charge in [0.15, 0.2) is 5.82 Å². The van der Waals surface area contributed by atoms with E-state index in [0.29, 0.717) is 49.2 Å². The summed E-state index contributed by atoms with van der Waals surface area (Å²) in [4.78, 5) is 48.8. The number of amides is 3. The maximum Gasteiger partial charge on any atom is 0.300 e. The van der Waals surface area contributed by atoms with E-state index in [1.165, 1.54) is 0 Å². The Bertz CT molecular complexity index is 1610. The second-order valence-electron chi connectivity index (χ2n) is 13.0. The van der Waals surface area contributed by atoms with Crippen molar-refractivity contribution in [1.29, 1.82) is 0 Å². The number of H-pyrrole nitrogens is 1. The third-order valence-electron chi connectivity index (χ3n) is 10.2. The number of benzene rings is 2. The quantitative estimate of drug-likeness (QED) is 0.370. The predicted molar refractivity (Wildman–Crippen MR) is 169 cm³/mol. The van der Waals surface area contributed by atoms with Gasteiger partial charge in [0.05, 0.1) is 12.0 Å². The second-order valence-corrected chi connectivity index (χ2v) is 13.0. The number of carbonyl (C=O) groups excluding carboxylic acids is 3. The van der Waals surface area contributed by atoms with Crippen LogP contribution in [-0.2, 0) is 23.1 Å². The topological polar surface area (TPSA) is 132 Å². The van der Waals surface area contributed by atoms with Gasteiger partial charge in [0, 0.05) is 56.3 Å². The molecule has 2 aromatic carbocycles. The van der Waals surface area contributed by atoms with Gasteiger partial charge in [0.1, 0.15) is 0 Å². The molecule has 238 valence electrons. The van der Waals surface area contributed by atoms with Gasteiger partial charge in [-0.25, -0.2) is 6.57 Å². The number of aromatic amines is 1. The van der Waals surface area contributed by atoms with Crippen molar-refractivity contribution in [3.8, 4) is 0 Å². The van der Waals surface area contributed by atoms with Crippen LogP contribution in [-0.4, -0.2) is 105 Å². The fourth-order valence-electron chi connectivity index (χ4n) is 7.48. The number of carbonyl (C=O) groups is 3. The monoisotopic (exact) mass is 621 g/mol. The van der Waals surface area contributed by atoms with E-state index in [4.69, 9.17) is 6.57 Å². The van der Waals surface area contributed by atoms with Crippen LogP contribution in [0.4, 0.5) is 0 Å². The van der Waals surface area contributed by atoms with Crippen molar-refractivity contribution in [1.82, 2.24) is 40.6 Å². The number of tetrazole rings is 1. The van der Waals surface area contributed by atoms with Crippen molar-refractivity contribution in [2.24, 2.45) is 0 Å². The Kier molecular flexibility index (Phi) is 8.02. The Labute approximate surface area is 268 Å². The van der Waals surface area contributed by atoms with Crippen LogP contribution < -0.4 is 5.32 Å². The van der Waals surface area contributed by atoms with Gasteiger partial charge in [-0.2, -0.15) is 5.21 Å². The summed E-state index contributed by atoms with van der Waals surface area (Å²) in [6, 6.07) is 11.7. The van der Waals surface area contributed by atoms with Gasteiger partial charge < -0.3 is 15.1 Å². The van der Waals surface area contributed by atoms with Gasteiger partial charge in [-0.15, -0.1) is 10.2 Å². The molecule has 0 spiro atoms. The van der Waals surface area contributed by atoms with Gasteiger partial charge in [-0.3, -0.25) is 24.1 Å². The van der Waals surface area contributed by atoms with E-state index in [0.717, 1.165) is 67.7 Å². The molecule has 3 amide bonds. The van der Waals surface area contributed by atoms with Gasteiger partial charge in [0.2, 0.25) is 5.91 Å². The molecule has 46 heavy (non-hydrogen) atoms. The van der Waals surface area contributed by atoms with Crippen LogP contribution in [0.25, 0.3) is 4.85 Å². The molecule has 2 atom stereocenters. The summed E-state index contributed by atoms with van der Waals surface area (Å²) in [5.41, 5.74) is 4.48. The fraction of sp³-hybridized carbons (Fsp3) is 0.500. The molecule has 12 nitrogen and oxygen atoms in total. The molecule has 12 heteroatoms. The number of aromatic nitrogens is 4. The summed E-state index contributed by atoms with van der Waals surface area (Å²) in [5, 5.41) is 19.2. The largest absolute Gasteiger partial charge is 0.339 e. The standard InChI is InChI=1S/C34H39N9O3/c1-22(36-21-30(44)43-17-3-6-29(43)35-2)20-34(33-37-39-40-38-33)27-11-9-25(31(45)41-13-4-14-41)18-23(27)7-8-24-19-26(10-12-28(24)34)32(46)42-15-5-16-42/h9-12,18-19,22,29,36H,3-8,13-17,20-21H2,1H3,(H,37,38,39,40)/t22-,29-/m0/s1. The Morgan fingerprint density at radius 2 is 1.57 bits per heavy atom. The number of hydrogen-bond acceptors (Lipinski definition) is 7. The van der Waals surface area contributed by atoms with E-state index in [9.17, 15) is 14.4 Å². The van der Waals surface area contributed by atoms with E-state index in [1.54, 1.807) is 4.90 Å². The highest BCUT2D eigenvalue weighted by molar-refractivity contribution is 5.96. The van der Waals surface area contributed by atoms with Gasteiger partial charge >= 0.3 is 6.17 Å². The number of hydrogen-bond donors (Lipinski definition) is 2. The Morgan fingerprint density at radius 1 is 0.957 bits per heavy atom. The van der Waals surface area contributed by atoms with Crippen LogP contribution in [0.5, 0.6) is 0 Å². The summed E-state index contributed by atoms with van der Waals surface area (Å²) in [6.45, 7) is 13.3. The first kappa shape index (κ1) is 30.0. The van der Waals surface area contributed by atoms with E-state index >= 15 is 0 Å². The van der Waals surface area contributed by atoms with Crippen molar-refractivity contribution in [2.75, 3.05) is 39.3 Å². The van der Waals surface area contributed by atoms with Gasteiger partial charge in [-0.1, -0.05) is 17.3 Å². The minimum atomic E-state index is -0.882. The molecule has 1 aliphatic carbocycles. The molecule has 4 aliphatic rings. The van der Waals surface area contributed by atoms with Crippen molar-refractivity contribution in [3.63, 3.8) is 0 Å². The maximum absolute atomic E-state index is 13.3. The minimum absolute atomic E-state index is 0.0385. The molecule has 0 saturated carbocycles. The third-order valence-corrected chi connectivity index (χ3v) is 10.2. The Hall–Kier alpha value is -4.63. The normalized spacial score (nSPS) is 20.4. The predicted octanol–water partition coefficient (Wildman–Crippen LogP) is 2.56. The van der Waals surface area contributed by atoms with E-state index in [2.05, 4.69) is 30.8 Å². The molecule has 7 rings (SSSR count). The highest BCUT2D eigenvalue weighted by Gasteiger charge is 2.46. The molecule has 0 bridgehead atoms. The molecular weight excluding hydrogens is 582 g/mol. The maximum atomic E-state index is 13.3. The van der Waals surface area contributed by atoms with Crippen molar-refractivity contribution in [3.05, 3.63) is 87.0 Å². The smallest absolute Gasteiger partial charge is 0.300 e. The van der Waals surface area contributed by atoms with Crippen molar-refractivity contribution in [2.45, 2.75) is 69.5 Å². The number of nitrogens with zero attached hydrogens (tertiary/aromatic N) is 7. The molecule has 2 N–H and O–H groups in total. The van der Waals surface area contributed by atoms with Crippen LogP contribution in [0.3, 0.4) is 0 Å². The summed E-state index contributed by atoms with van der Waals surface area (Å²) in [6.07, 6.45) is 5.05. The first-order valence-electron chi connectivity index (χ1n) is 16.4. The lowest BCUT2D eigenvalue weighted by molar-refractivity contribution is -0.130. The molecule has 3 saturated heterocycles. The molecular formula is C34H39N9O3. The highest BCUT2D eigenvalue weighted by atomic mass is 16.2. The summed E-state index contributed by atoms with van der Waals surface area (Å²) < 4.78 is 0. The number of rotatable bonds is 8. The third kappa shape index (κ3) is 5.22. The zero-order chi connectivity index (χ0) is 31.8. The number of aryl methyl sites for hydroxylation is 2. The molecule has 1 aromatic heterocycles. The molecule has 0 unspecified atom stereocenters. The van der Waals surface area contributed by atoms with Gasteiger partial charge in [-0.05, 0) is 92.0 Å². The second kappa shape index (κ2) is 12.3. The minimum Gasteiger partial charge on any atom is -0.339 e. The summed E-state index contributed by atoms with van der Waals surface area (Å²) >= 11 is 0. The summed E-state index contributed by atoms with van der Waals surface area (Å²) in [5.74, 6) is 0.491. The van der Waals surface area contributed by atoms with Gasteiger partial charge in [0.25, 0.3) is 11.8 Å². The van der Waals surface area contributed by atoms with Crippen LogP contribution in [0.2, 0.25) is 0 Å². The number of likely N-dealkylation sites (tertiary alicyclic amines) is 3. The average molecular weight is 622 g/mol. The molecule has 3 aliphatic heterocycles. The Balaban J connectivity index is 1.28. The molecule has 0 radical (unpaired) electrons. The first-order valence-corrected chi connectivity index (χ1v) is 16.4. The summed E-state index contributed by atoms with van der Waals surface area (Å²) in [7, 11) is 0. The van der Waals surface area contributed by atoms with Crippen LogP contribution in [0, 0.1) is 6.57 Å².